The molecule has 18 heavy (non-hydrogen) atoms. The van der Waals surface area contributed by atoms with Gasteiger partial charge >= 0.3 is 0 Å². The van der Waals surface area contributed by atoms with Crippen LogP contribution in [-0.2, 0) is 6.54 Å². The number of nitrogen functional groups attached to an aromatic ring is 1. The van der Waals surface area contributed by atoms with Crippen LogP contribution in [-0.4, -0.2) is 23.3 Å². The van der Waals surface area contributed by atoms with Crippen LogP contribution in [0.2, 0.25) is 0 Å². The van der Waals surface area contributed by atoms with E-state index < -0.39 is 0 Å². The zero-order chi connectivity index (χ0) is 13.1. The van der Waals surface area contributed by atoms with Gasteiger partial charge in [0, 0.05) is 23.7 Å². The van der Waals surface area contributed by atoms with Crippen molar-refractivity contribution in [3.63, 3.8) is 0 Å². The van der Waals surface area contributed by atoms with Crippen LogP contribution in [0.1, 0.15) is 37.3 Å². The fourth-order valence-electron chi connectivity index (χ4n) is 2.18. The van der Waals surface area contributed by atoms with Crippen LogP contribution in [0.5, 0.6) is 0 Å². The van der Waals surface area contributed by atoms with Gasteiger partial charge in [-0.1, -0.05) is 19.1 Å². The Morgan fingerprint density at radius 3 is 2.72 bits per heavy atom. The summed E-state index contributed by atoms with van der Waals surface area (Å²) in [5.41, 5.74) is 6.49. The van der Waals surface area contributed by atoms with Crippen molar-refractivity contribution >= 4 is 5.84 Å². The summed E-state index contributed by atoms with van der Waals surface area (Å²) in [6.45, 7) is 3.81. The smallest absolute Gasteiger partial charge is 0.128 e. The first-order valence-electron chi connectivity index (χ1n) is 6.48. The van der Waals surface area contributed by atoms with Crippen LogP contribution in [0, 0.1) is 11.2 Å². The van der Waals surface area contributed by atoms with Crippen molar-refractivity contribution in [2.45, 2.75) is 38.8 Å². The number of benzene rings is 1. The molecule has 0 unspecified atom stereocenters. The molecule has 1 saturated carbocycles. The average molecular weight is 249 g/mol. The fraction of sp³-hybridized carbons (Fsp3) is 0.500. The third-order valence-electron chi connectivity index (χ3n) is 3.31. The molecule has 1 aromatic rings. The van der Waals surface area contributed by atoms with Gasteiger partial charge in [-0.3, -0.25) is 10.3 Å². The second-order valence-corrected chi connectivity index (χ2v) is 4.92. The standard InChI is InChI=1S/C14H20FN3/c1-2-7-18(12-5-6-12)9-11-4-3-10(14(16)17)8-13(11)15/h3-4,8,12H,2,5-7,9H2,1H3,(H3,16,17). The van der Waals surface area contributed by atoms with Crippen molar-refractivity contribution in [2.75, 3.05) is 6.54 Å². The molecular weight excluding hydrogens is 229 g/mol. The summed E-state index contributed by atoms with van der Waals surface area (Å²) >= 11 is 0. The summed E-state index contributed by atoms with van der Waals surface area (Å²) in [6.07, 6.45) is 3.55. The Morgan fingerprint density at radius 1 is 1.50 bits per heavy atom. The highest BCUT2D eigenvalue weighted by molar-refractivity contribution is 5.94. The lowest BCUT2D eigenvalue weighted by atomic mass is 10.1. The predicted molar refractivity (Wildman–Crippen MR) is 71.1 cm³/mol. The fourth-order valence-corrected chi connectivity index (χ4v) is 2.18. The highest BCUT2D eigenvalue weighted by Crippen LogP contribution is 2.28. The normalized spacial score (nSPS) is 15.1. The Kier molecular flexibility index (Phi) is 3.97. The molecule has 0 heterocycles. The van der Waals surface area contributed by atoms with Crippen LogP contribution in [0.4, 0.5) is 4.39 Å². The molecule has 98 valence electrons. The summed E-state index contributed by atoms with van der Waals surface area (Å²) in [6, 6.07) is 5.46. The maximum absolute atomic E-state index is 13.9. The van der Waals surface area contributed by atoms with Gasteiger partial charge in [-0.2, -0.15) is 0 Å². The summed E-state index contributed by atoms with van der Waals surface area (Å²) in [5.74, 6) is -0.350. The molecule has 3 N–H and O–H groups in total. The van der Waals surface area contributed by atoms with E-state index in [1.807, 2.05) is 0 Å². The van der Waals surface area contributed by atoms with E-state index in [-0.39, 0.29) is 11.7 Å². The van der Waals surface area contributed by atoms with Crippen LogP contribution < -0.4 is 5.73 Å². The Morgan fingerprint density at radius 2 is 2.22 bits per heavy atom. The number of nitrogens with zero attached hydrogens (tertiary/aromatic N) is 1. The molecule has 0 atom stereocenters. The Bertz CT molecular complexity index is 441. The van der Waals surface area contributed by atoms with E-state index in [1.54, 1.807) is 12.1 Å². The largest absolute Gasteiger partial charge is 0.384 e. The highest BCUT2D eigenvalue weighted by atomic mass is 19.1. The number of rotatable bonds is 6. The zero-order valence-corrected chi connectivity index (χ0v) is 10.7. The average Bonchev–Trinajstić information content (AvgIpc) is 3.14. The lowest BCUT2D eigenvalue weighted by molar-refractivity contribution is 0.252. The van der Waals surface area contributed by atoms with Gasteiger partial charge in [-0.25, -0.2) is 4.39 Å². The molecule has 1 fully saturated rings. The third-order valence-corrected chi connectivity index (χ3v) is 3.31. The summed E-state index contributed by atoms with van der Waals surface area (Å²) in [4.78, 5) is 2.34. The van der Waals surface area contributed by atoms with Crippen molar-refractivity contribution in [3.8, 4) is 0 Å². The molecular formula is C14H20FN3. The summed E-state index contributed by atoms with van der Waals surface area (Å²) < 4.78 is 13.9. The van der Waals surface area contributed by atoms with E-state index in [1.165, 1.54) is 18.9 Å². The van der Waals surface area contributed by atoms with Crippen molar-refractivity contribution in [3.05, 3.63) is 35.1 Å². The van der Waals surface area contributed by atoms with Gasteiger partial charge in [0.05, 0.1) is 0 Å². The Hall–Kier alpha value is -1.42. The maximum atomic E-state index is 13.9. The Balaban J connectivity index is 2.10. The van der Waals surface area contributed by atoms with Gasteiger partial charge in [-0.05, 0) is 31.9 Å². The SMILES string of the molecule is CCCN(Cc1ccc(C(=N)N)cc1F)C1CC1. The van der Waals surface area contributed by atoms with Gasteiger partial charge in [0.1, 0.15) is 11.7 Å². The lowest BCUT2D eigenvalue weighted by Gasteiger charge is -2.21. The molecule has 0 radical (unpaired) electrons. The predicted octanol–water partition coefficient (Wildman–Crippen LogP) is 2.48. The van der Waals surface area contributed by atoms with Crippen molar-refractivity contribution in [1.82, 2.24) is 4.90 Å². The van der Waals surface area contributed by atoms with Gasteiger partial charge in [0.25, 0.3) is 0 Å². The number of hydrogen-bond acceptors (Lipinski definition) is 2. The minimum Gasteiger partial charge on any atom is -0.384 e. The Labute approximate surface area is 107 Å². The molecule has 0 aromatic heterocycles. The zero-order valence-electron chi connectivity index (χ0n) is 10.7. The van der Waals surface area contributed by atoms with E-state index in [9.17, 15) is 4.39 Å². The molecule has 1 aliphatic rings. The van der Waals surface area contributed by atoms with Crippen LogP contribution >= 0.6 is 0 Å². The minimum atomic E-state index is -0.260. The second-order valence-electron chi connectivity index (χ2n) is 4.92. The van der Waals surface area contributed by atoms with Gasteiger partial charge in [0.15, 0.2) is 0 Å². The van der Waals surface area contributed by atoms with Crippen molar-refractivity contribution < 1.29 is 4.39 Å². The molecule has 4 heteroatoms. The van der Waals surface area contributed by atoms with E-state index in [0.29, 0.717) is 23.7 Å². The monoisotopic (exact) mass is 249 g/mol. The minimum absolute atomic E-state index is 0.0898. The molecule has 0 saturated heterocycles. The first-order chi connectivity index (χ1) is 8.61. The number of halogens is 1. The molecule has 1 aliphatic carbocycles. The first-order valence-corrected chi connectivity index (χ1v) is 6.48. The quantitative estimate of drug-likeness (QED) is 0.601. The van der Waals surface area contributed by atoms with E-state index in [2.05, 4.69) is 11.8 Å². The second kappa shape index (κ2) is 5.48. The highest BCUT2D eigenvalue weighted by Gasteiger charge is 2.28. The third kappa shape index (κ3) is 3.07. The molecule has 0 amide bonds. The van der Waals surface area contributed by atoms with Crippen molar-refractivity contribution in [1.29, 1.82) is 5.41 Å². The summed E-state index contributed by atoms with van der Waals surface area (Å²) in [7, 11) is 0. The van der Waals surface area contributed by atoms with Gasteiger partial charge in [0.2, 0.25) is 0 Å². The van der Waals surface area contributed by atoms with Gasteiger partial charge in [-0.15, -0.1) is 0 Å². The molecule has 0 spiro atoms. The molecule has 1 aromatic carbocycles. The lowest BCUT2D eigenvalue weighted by Crippen LogP contribution is -2.27. The number of nitrogens with one attached hydrogen (secondary N) is 1. The molecule has 0 aliphatic heterocycles. The van der Waals surface area contributed by atoms with E-state index in [0.717, 1.165) is 13.0 Å². The van der Waals surface area contributed by atoms with Crippen LogP contribution in [0.25, 0.3) is 0 Å². The van der Waals surface area contributed by atoms with Crippen LogP contribution in [0.3, 0.4) is 0 Å². The van der Waals surface area contributed by atoms with Gasteiger partial charge < -0.3 is 5.73 Å². The van der Waals surface area contributed by atoms with Crippen LogP contribution in [0.15, 0.2) is 18.2 Å². The summed E-state index contributed by atoms with van der Waals surface area (Å²) in [5, 5.41) is 7.29. The van der Waals surface area contributed by atoms with E-state index in [4.69, 9.17) is 11.1 Å². The first kappa shape index (κ1) is 13.0. The van der Waals surface area contributed by atoms with Crippen molar-refractivity contribution in [2.24, 2.45) is 5.73 Å². The number of nitrogens with two attached hydrogens (primary N) is 1. The molecule has 0 bridgehead atoms. The molecule has 3 nitrogen and oxygen atoms in total. The maximum Gasteiger partial charge on any atom is 0.128 e. The number of amidine groups is 1. The van der Waals surface area contributed by atoms with E-state index >= 15 is 0 Å². The molecule has 2 rings (SSSR count). The number of hydrogen-bond donors (Lipinski definition) is 2. The topological polar surface area (TPSA) is 53.1 Å².